The zero-order valence-electron chi connectivity index (χ0n) is 11.1. The maximum atomic E-state index is 2.31. The summed E-state index contributed by atoms with van der Waals surface area (Å²) in [5.41, 5.74) is 5.54. The summed E-state index contributed by atoms with van der Waals surface area (Å²) in [6.07, 6.45) is 0. The topological polar surface area (TPSA) is 0 Å². The van der Waals surface area contributed by atoms with E-state index in [0.717, 1.165) is 0 Å². The molecular formula is C17H20. The summed E-state index contributed by atoms with van der Waals surface area (Å²) < 4.78 is 0. The third-order valence-electron chi connectivity index (χ3n) is 3.05. The lowest BCUT2D eigenvalue weighted by atomic mass is 9.84. The highest BCUT2D eigenvalue weighted by Gasteiger charge is 2.14. The van der Waals surface area contributed by atoms with Crippen LogP contribution in [-0.2, 0) is 5.41 Å². The van der Waals surface area contributed by atoms with Gasteiger partial charge >= 0.3 is 0 Å². The quantitative estimate of drug-likeness (QED) is 0.642. The van der Waals surface area contributed by atoms with Gasteiger partial charge in [0.25, 0.3) is 0 Å². The molecule has 0 radical (unpaired) electrons. The molecule has 0 heterocycles. The number of hydrogen-bond donors (Lipinski definition) is 0. The van der Waals surface area contributed by atoms with Crippen molar-refractivity contribution >= 4 is 0 Å². The molecule has 17 heavy (non-hydrogen) atoms. The maximum absolute atomic E-state index is 2.31. The van der Waals surface area contributed by atoms with Gasteiger partial charge in [0.1, 0.15) is 0 Å². The van der Waals surface area contributed by atoms with Gasteiger partial charge in [0.05, 0.1) is 0 Å². The zero-order valence-corrected chi connectivity index (χ0v) is 11.1. The third-order valence-corrected chi connectivity index (χ3v) is 3.05. The summed E-state index contributed by atoms with van der Waals surface area (Å²) >= 11 is 0. The molecule has 0 atom stereocenters. The van der Waals surface area contributed by atoms with Gasteiger partial charge in [-0.2, -0.15) is 0 Å². The summed E-state index contributed by atoms with van der Waals surface area (Å²) in [7, 11) is 0. The summed E-state index contributed by atoms with van der Waals surface area (Å²) in [6, 6.07) is 17.4. The summed E-state index contributed by atoms with van der Waals surface area (Å²) in [5.74, 6) is 0. The first-order valence-electron chi connectivity index (χ1n) is 6.14. The van der Waals surface area contributed by atoms with Crippen LogP contribution >= 0.6 is 0 Å². The van der Waals surface area contributed by atoms with Gasteiger partial charge in [-0.05, 0) is 29.0 Å². The molecule has 2 aromatic carbocycles. The van der Waals surface area contributed by atoms with Gasteiger partial charge in [-0.3, -0.25) is 0 Å². The molecule has 0 aliphatic carbocycles. The lowest BCUT2D eigenvalue weighted by Gasteiger charge is -2.21. The summed E-state index contributed by atoms with van der Waals surface area (Å²) in [6.45, 7) is 8.95. The molecule has 0 amide bonds. The molecule has 0 N–H and O–H groups in total. The Kier molecular flexibility index (Phi) is 3.06. The molecule has 0 aliphatic rings. The van der Waals surface area contributed by atoms with Crippen LogP contribution in [0.2, 0.25) is 0 Å². The van der Waals surface area contributed by atoms with Crippen molar-refractivity contribution in [1.29, 1.82) is 0 Å². The molecule has 0 bridgehead atoms. The van der Waals surface area contributed by atoms with E-state index < -0.39 is 0 Å². The fraction of sp³-hybridized carbons (Fsp3) is 0.294. The lowest BCUT2D eigenvalue weighted by molar-refractivity contribution is 0.590. The van der Waals surface area contributed by atoms with Crippen LogP contribution in [-0.4, -0.2) is 0 Å². The van der Waals surface area contributed by atoms with E-state index in [2.05, 4.69) is 76.2 Å². The van der Waals surface area contributed by atoms with E-state index in [9.17, 15) is 0 Å². The Labute approximate surface area is 104 Å². The van der Waals surface area contributed by atoms with Crippen LogP contribution in [0.25, 0.3) is 11.1 Å². The minimum Gasteiger partial charge on any atom is -0.0622 e. The highest BCUT2D eigenvalue weighted by atomic mass is 14.2. The molecular weight excluding hydrogens is 204 g/mol. The second-order valence-corrected chi connectivity index (χ2v) is 5.70. The van der Waals surface area contributed by atoms with E-state index in [1.54, 1.807) is 0 Å². The van der Waals surface area contributed by atoms with Crippen molar-refractivity contribution in [3.05, 3.63) is 59.7 Å². The van der Waals surface area contributed by atoms with Crippen molar-refractivity contribution in [2.45, 2.75) is 33.1 Å². The van der Waals surface area contributed by atoms with Crippen LogP contribution in [0.5, 0.6) is 0 Å². The van der Waals surface area contributed by atoms with Crippen molar-refractivity contribution in [3.8, 4) is 11.1 Å². The van der Waals surface area contributed by atoms with Crippen LogP contribution in [0.3, 0.4) is 0 Å². The van der Waals surface area contributed by atoms with Crippen molar-refractivity contribution in [2.24, 2.45) is 0 Å². The predicted octanol–water partition coefficient (Wildman–Crippen LogP) is 4.96. The zero-order chi connectivity index (χ0) is 12.5. The first-order valence-corrected chi connectivity index (χ1v) is 6.14. The maximum Gasteiger partial charge on any atom is -0.0132 e. The van der Waals surface area contributed by atoms with Gasteiger partial charge < -0.3 is 0 Å². The van der Waals surface area contributed by atoms with Gasteiger partial charge in [0.2, 0.25) is 0 Å². The normalized spacial score (nSPS) is 11.5. The minimum atomic E-state index is 0.204. The van der Waals surface area contributed by atoms with Gasteiger partial charge in [-0.15, -0.1) is 0 Å². The van der Waals surface area contributed by atoms with Crippen molar-refractivity contribution in [2.75, 3.05) is 0 Å². The summed E-state index contributed by atoms with van der Waals surface area (Å²) in [4.78, 5) is 0. The van der Waals surface area contributed by atoms with E-state index in [1.165, 1.54) is 22.3 Å². The monoisotopic (exact) mass is 224 g/mol. The van der Waals surface area contributed by atoms with Crippen LogP contribution in [0.1, 0.15) is 31.9 Å². The van der Waals surface area contributed by atoms with E-state index in [1.807, 2.05) is 0 Å². The second-order valence-electron chi connectivity index (χ2n) is 5.70. The van der Waals surface area contributed by atoms with E-state index in [0.29, 0.717) is 0 Å². The van der Waals surface area contributed by atoms with Crippen LogP contribution in [0.4, 0.5) is 0 Å². The average Bonchev–Trinajstić information content (AvgIpc) is 2.28. The highest BCUT2D eigenvalue weighted by molar-refractivity contribution is 5.65. The number of aryl methyl sites for hydroxylation is 1. The Bertz CT molecular complexity index is 501. The standard InChI is InChI=1S/C17H20/c1-13-10-15(14-8-6-5-7-9-14)12-16(11-13)17(2,3)4/h5-12H,1-4H3. The third kappa shape index (κ3) is 2.76. The number of hydrogen-bond acceptors (Lipinski definition) is 0. The SMILES string of the molecule is Cc1cc(-c2ccccc2)cc(C(C)(C)C)c1. The van der Waals surface area contributed by atoms with E-state index in [4.69, 9.17) is 0 Å². The Hall–Kier alpha value is -1.56. The van der Waals surface area contributed by atoms with Crippen molar-refractivity contribution in [3.63, 3.8) is 0 Å². The molecule has 0 spiro atoms. The predicted molar refractivity (Wildman–Crippen MR) is 75.3 cm³/mol. The molecule has 0 saturated heterocycles. The van der Waals surface area contributed by atoms with E-state index >= 15 is 0 Å². The molecule has 0 fully saturated rings. The van der Waals surface area contributed by atoms with Gasteiger partial charge in [-0.1, -0.05) is 74.9 Å². The molecule has 0 nitrogen and oxygen atoms in total. The van der Waals surface area contributed by atoms with Gasteiger partial charge in [0, 0.05) is 0 Å². The number of benzene rings is 2. The second kappa shape index (κ2) is 4.37. The Balaban J connectivity index is 2.54. The molecule has 0 aromatic heterocycles. The van der Waals surface area contributed by atoms with Gasteiger partial charge in [-0.25, -0.2) is 0 Å². The van der Waals surface area contributed by atoms with Crippen LogP contribution in [0, 0.1) is 6.92 Å². The first-order chi connectivity index (χ1) is 7.97. The van der Waals surface area contributed by atoms with E-state index in [-0.39, 0.29) is 5.41 Å². The Morgan fingerprint density at radius 1 is 0.765 bits per heavy atom. The lowest BCUT2D eigenvalue weighted by Crippen LogP contribution is -2.11. The largest absolute Gasteiger partial charge is 0.0622 e. The van der Waals surface area contributed by atoms with Gasteiger partial charge in [0.15, 0.2) is 0 Å². The molecule has 0 heteroatoms. The molecule has 88 valence electrons. The Morgan fingerprint density at radius 3 is 2.00 bits per heavy atom. The minimum absolute atomic E-state index is 0.204. The molecule has 2 rings (SSSR count). The van der Waals surface area contributed by atoms with Crippen molar-refractivity contribution in [1.82, 2.24) is 0 Å². The molecule has 0 saturated carbocycles. The molecule has 0 unspecified atom stereocenters. The highest BCUT2D eigenvalue weighted by Crippen LogP contribution is 2.28. The van der Waals surface area contributed by atoms with Crippen LogP contribution in [0.15, 0.2) is 48.5 Å². The summed E-state index contributed by atoms with van der Waals surface area (Å²) in [5, 5.41) is 0. The first kappa shape index (κ1) is 11.9. The molecule has 0 aliphatic heterocycles. The number of rotatable bonds is 1. The van der Waals surface area contributed by atoms with Crippen molar-refractivity contribution < 1.29 is 0 Å². The smallest absolute Gasteiger partial charge is 0.0132 e. The average molecular weight is 224 g/mol. The molecule has 2 aromatic rings. The fourth-order valence-electron chi connectivity index (χ4n) is 2.01. The Morgan fingerprint density at radius 2 is 1.41 bits per heavy atom. The van der Waals surface area contributed by atoms with Crippen LogP contribution < -0.4 is 0 Å². The fourth-order valence-corrected chi connectivity index (χ4v) is 2.01.